The lowest BCUT2D eigenvalue weighted by molar-refractivity contribution is 0.387. The normalized spacial score (nSPS) is 10.8. The fourth-order valence-electron chi connectivity index (χ4n) is 2.14. The molecule has 0 spiro atoms. The molecule has 0 aliphatic heterocycles. The quantitative estimate of drug-likeness (QED) is 0.562. The van der Waals surface area contributed by atoms with Crippen LogP contribution in [0.4, 0.5) is 5.69 Å². The molecule has 0 saturated heterocycles. The van der Waals surface area contributed by atoms with Gasteiger partial charge in [0.25, 0.3) is 0 Å². The van der Waals surface area contributed by atoms with Crippen LogP contribution in [0.5, 0.6) is 11.5 Å². The molecule has 0 bridgehead atoms. The number of rotatable bonds is 4. The fourth-order valence-corrected chi connectivity index (χ4v) is 2.67. The second-order valence-corrected chi connectivity index (χ2v) is 5.77. The topological polar surface area (TPSA) is 111 Å². The maximum Gasteiger partial charge on any atom is 0.439 e. The van der Waals surface area contributed by atoms with Crippen molar-refractivity contribution in [3.8, 4) is 22.9 Å². The van der Waals surface area contributed by atoms with Crippen molar-refractivity contribution in [2.45, 2.75) is 6.54 Å². The van der Waals surface area contributed by atoms with E-state index in [-0.39, 0.29) is 28.9 Å². The molecular formula is C15H11Cl2N3O4. The van der Waals surface area contributed by atoms with Crippen LogP contribution in [0.15, 0.2) is 39.6 Å². The van der Waals surface area contributed by atoms with Gasteiger partial charge in [0.2, 0.25) is 0 Å². The van der Waals surface area contributed by atoms with Crippen molar-refractivity contribution in [3.05, 3.63) is 56.5 Å². The molecule has 0 atom stereocenters. The number of aromatic amines is 1. The summed E-state index contributed by atoms with van der Waals surface area (Å²) in [7, 11) is 0. The highest BCUT2D eigenvalue weighted by Gasteiger charge is 2.11. The molecule has 0 amide bonds. The molecule has 4 N–H and O–H groups in total. The van der Waals surface area contributed by atoms with Crippen molar-refractivity contribution in [2.75, 3.05) is 5.32 Å². The number of H-pyrrole nitrogens is 1. The predicted octanol–water partition coefficient (Wildman–Crippen LogP) is 3.36. The molecule has 124 valence electrons. The van der Waals surface area contributed by atoms with Gasteiger partial charge in [-0.1, -0.05) is 28.4 Å². The smallest absolute Gasteiger partial charge is 0.439 e. The first-order valence-corrected chi connectivity index (χ1v) is 7.50. The van der Waals surface area contributed by atoms with Crippen molar-refractivity contribution < 1.29 is 14.7 Å². The van der Waals surface area contributed by atoms with E-state index in [0.29, 0.717) is 21.8 Å². The van der Waals surface area contributed by atoms with Gasteiger partial charge in [0, 0.05) is 28.9 Å². The second kappa shape index (κ2) is 6.46. The Morgan fingerprint density at radius 1 is 1.21 bits per heavy atom. The van der Waals surface area contributed by atoms with Gasteiger partial charge in [-0.15, -0.1) is 0 Å². The molecule has 3 aromatic rings. The third kappa shape index (κ3) is 3.32. The zero-order valence-corrected chi connectivity index (χ0v) is 13.5. The molecule has 24 heavy (non-hydrogen) atoms. The summed E-state index contributed by atoms with van der Waals surface area (Å²) in [5.41, 5.74) is 1.41. The summed E-state index contributed by atoms with van der Waals surface area (Å²) in [6.07, 6.45) is 0. The van der Waals surface area contributed by atoms with Gasteiger partial charge in [0.15, 0.2) is 5.82 Å². The minimum atomic E-state index is -0.708. The van der Waals surface area contributed by atoms with Crippen LogP contribution in [0, 0.1) is 0 Å². The molecule has 1 heterocycles. The average Bonchev–Trinajstić information content (AvgIpc) is 2.95. The first-order valence-electron chi connectivity index (χ1n) is 6.74. The SMILES string of the molecule is O=c1[nH]c(-c2ccc(NCc3cc(Cl)cc(Cl)c3O)cc2O)no1. The Balaban J connectivity index is 1.80. The lowest BCUT2D eigenvalue weighted by Crippen LogP contribution is -2.00. The number of hydrogen-bond donors (Lipinski definition) is 4. The van der Waals surface area contributed by atoms with E-state index in [1.54, 1.807) is 18.2 Å². The molecule has 0 fully saturated rings. The zero-order chi connectivity index (χ0) is 17.3. The number of halogens is 2. The first kappa shape index (κ1) is 16.2. The van der Waals surface area contributed by atoms with E-state index < -0.39 is 5.76 Å². The Hall–Kier alpha value is -2.64. The number of nitrogens with zero attached hydrogens (tertiary/aromatic N) is 1. The second-order valence-electron chi connectivity index (χ2n) is 4.92. The van der Waals surface area contributed by atoms with E-state index in [0.717, 1.165) is 0 Å². The summed E-state index contributed by atoms with van der Waals surface area (Å²) in [6, 6.07) is 7.72. The summed E-state index contributed by atoms with van der Waals surface area (Å²) >= 11 is 11.8. The minimum Gasteiger partial charge on any atom is -0.507 e. The van der Waals surface area contributed by atoms with Gasteiger partial charge in [0.05, 0.1) is 10.6 Å². The van der Waals surface area contributed by atoms with Crippen LogP contribution in [-0.2, 0) is 6.54 Å². The standard InChI is InChI=1S/C15H11Cl2N3O4/c16-8-3-7(13(22)11(17)4-8)6-18-9-1-2-10(12(21)5-9)14-19-15(23)24-20-14/h1-5,18,21-22H,6H2,(H,19,20,23). The lowest BCUT2D eigenvalue weighted by atomic mass is 10.1. The van der Waals surface area contributed by atoms with Crippen LogP contribution >= 0.6 is 23.2 Å². The summed E-state index contributed by atoms with van der Waals surface area (Å²) in [5.74, 6) is -0.740. The summed E-state index contributed by atoms with van der Waals surface area (Å²) < 4.78 is 4.40. The number of anilines is 1. The lowest BCUT2D eigenvalue weighted by Gasteiger charge is -2.11. The first-order chi connectivity index (χ1) is 11.4. The summed E-state index contributed by atoms with van der Waals surface area (Å²) in [6.45, 7) is 0.242. The van der Waals surface area contributed by atoms with E-state index in [1.165, 1.54) is 12.1 Å². The molecule has 0 radical (unpaired) electrons. The predicted molar refractivity (Wildman–Crippen MR) is 89.7 cm³/mol. The molecule has 0 aliphatic carbocycles. The highest BCUT2D eigenvalue weighted by atomic mass is 35.5. The van der Waals surface area contributed by atoms with Crippen molar-refractivity contribution >= 4 is 28.9 Å². The molecule has 2 aromatic carbocycles. The van der Waals surface area contributed by atoms with E-state index in [9.17, 15) is 15.0 Å². The Kier molecular flexibility index (Phi) is 4.37. The number of benzene rings is 2. The van der Waals surface area contributed by atoms with Crippen LogP contribution in [0.2, 0.25) is 10.0 Å². The van der Waals surface area contributed by atoms with Gasteiger partial charge in [-0.05, 0) is 24.3 Å². The van der Waals surface area contributed by atoms with Crippen LogP contribution < -0.4 is 11.1 Å². The average molecular weight is 368 g/mol. The van der Waals surface area contributed by atoms with E-state index >= 15 is 0 Å². The van der Waals surface area contributed by atoms with Crippen molar-refractivity contribution in [2.24, 2.45) is 0 Å². The Labute approximate surface area is 145 Å². The third-order valence-corrected chi connectivity index (χ3v) is 3.79. The molecule has 1 aromatic heterocycles. The summed E-state index contributed by atoms with van der Waals surface area (Å²) in [4.78, 5) is 13.3. The Morgan fingerprint density at radius 2 is 2.00 bits per heavy atom. The van der Waals surface area contributed by atoms with Gasteiger partial charge in [-0.2, -0.15) is 0 Å². The largest absolute Gasteiger partial charge is 0.507 e. The highest BCUT2D eigenvalue weighted by Crippen LogP contribution is 2.33. The molecule has 0 unspecified atom stereocenters. The number of aromatic nitrogens is 2. The molecule has 0 saturated carbocycles. The molecule has 7 nitrogen and oxygen atoms in total. The van der Waals surface area contributed by atoms with Crippen LogP contribution in [0.1, 0.15) is 5.56 Å². The van der Waals surface area contributed by atoms with Gasteiger partial charge < -0.3 is 15.5 Å². The van der Waals surface area contributed by atoms with E-state index in [1.807, 2.05) is 0 Å². The van der Waals surface area contributed by atoms with Gasteiger partial charge in [0.1, 0.15) is 11.5 Å². The van der Waals surface area contributed by atoms with Crippen LogP contribution in [0.3, 0.4) is 0 Å². The Bertz CT molecular complexity index is 952. The van der Waals surface area contributed by atoms with Gasteiger partial charge in [-0.25, -0.2) is 4.79 Å². The third-order valence-electron chi connectivity index (χ3n) is 3.28. The number of nitrogens with one attached hydrogen (secondary N) is 2. The van der Waals surface area contributed by atoms with Crippen molar-refractivity contribution in [1.82, 2.24) is 10.1 Å². The molecule has 0 aliphatic rings. The Morgan fingerprint density at radius 3 is 2.67 bits per heavy atom. The van der Waals surface area contributed by atoms with Gasteiger partial charge in [-0.3, -0.25) is 9.51 Å². The number of aromatic hydroxyl groups is 2. The molecule has 9 heteroatoms. The highest BCUT2D eigenvalue weighted by molar-refractivity contribution is 6.35. The number of phenolic OH excluding ortho intramolecular Hbond substituents is 2. The number of hydrogen-bond acceptors (Lipinski definition) is 6. The van der Waals surface area contributed by atoms with Crippen LogP contribution in [0.25, 0.3) is 11.4 Å². The van der Waals surface area contributed by atoms with Gasteiger partial charge >= 0.3 is 5.76 Å². The van der Waals surface area contributed by atoms with Crippen molar-refractivity contribution in [1.29, 1.82) is 0 Å². The van der Waals surface area contributed by atoms with Crippen LogP contribution in [-0.4, -0.2) is 20.4 Å². The molecular weight excluding hydrogens is 357 g/mol. The van der Waals surface area contributed by atoms with E-state index in [4.69, 9.17) is 23.2 Å². The van der Waals surface area contributed by atoms with E-state index in [2.05, 4.69) is 20.0 Å². The zero-order valence-electron chi connectivity index (χ0n) is 12.0. The minimum absolute atomic E-state index is 0.0606. The monoisotopic (exact) mass is 367 g/mol. The maximum absolute atomic E-state index is 11.0. The molecule has 3 rings (SSSR count). The number of phenols is 2. The fraction of sp³-hybridized carbons (Fsp3) is 0.0667. The summed E-state index contributed by atoms with van der Waals surface area (Å²) in [5, 5.41) is 27.1. The maximum atomic E-state index is 11.0. The van der Waals surface area contributed by atoms with Crippen molar-refractivity contribution in [3.63, 3.8) is 0 Å².